The molecule has 2 heterocycles. The largest absolute Gasteiger partial charge is 0.495 e. The molecule has 0 bridgehead atoms. The van der Waals surface area contributed by atoms with Gasteiger partial charge in [0.05, 0.1) is 17.0 Å². The average molecular weight is 491 g/mol. The Morgan fingerprint density at radius 2 is 1.85 bits per heavy atom. The molecule has 33 heavy (non-hydrogen) atoms. The van der Waals surface area contributed by atoms with Crippen LogP contribution in [0.3, 0.4) is 0 Å². The SMILES string of the molecule is COc1ccc(NC(=O)c2oc3ccc(S(=O)(=O)N4C[C@H](C)C[C@H](C)C4)cc3c2C)cc1Cl. The number of amides is 1. The van der Waals surface area contributed by atoms with Crippen molar-refractivity contribution in [2.75, 3.05) is 25.5 Å². The summed E-state index contributed by atoms with van der Waals surface area (Å²) in [5.74, 6) is 0.787. The molecule has 1 amide bonds. The van der Waals surface area contributed by atoms with E-state index in [0.29, 0.717) is 57.9 Å². The van der Waals surface area contributed by atoms with Gasteiger partial charge >= 0.3 is 0 Å². The van der Waals surface area contributed by atoms with Gasteiger partial charge in [-0.15, -0.1) is 0 Å². The van der Waals surface area contributed by atoms with Crippen LogP contribution >= 0.6 is 11.6 Å². The maximum absolute atomic E-state index is 13.3. The maximum atomic E-state index is 13.3. The Balaban J connectivity index is 1.63. The van der Waals surface area contributed by atoms with E-state index in [4.69, 9.17) is 20.8 Å². The molecule has 4 rings (SSSR count). The lowest BCUT2D eigenvalue weighted by atomic mass is 9.94. The Hall–Kier alpha value is -2.55. The van der Waals surface area contributed by atoms with Gasteiger partial charge in [-0.25, -0.2) is 8.42 Å². The number of benzene rings is 2. The number of hydrogen-bond acceptors (Lipinski definition) is 5. The lowest BCUT2D eigenvalue weighted by Crippen LogP contribution is -2.42. The molecule has 1 aliphatic rings. The predicted molar refractivity (Wildman–Crippen MR) is 129 cm³/mol. The predicted octanol–water partition coefficient (Wildman–Crippen LogP) is 5.32. The van der Waals surface area contributed by atoms with Crippen molar-refractivity contribution in [2.24, 2.45) is 11.8 Å². The van der Waals surface area contributed by atoms with Crippen molar-refractivity contribution < 1.29 is 22.4 Å². The van der Waals surface area contributed by atoms with Gasteiger partial charge in [0.15, 0.2) is 5.76 Å². The number of hydrogen-bond donors (Lipinski definition) is 1. The number of carbonyl (C=O) groups is 1. The fourth-order valence-corrected chi connectivity index (χ4v) is 6.42. The zero-order valence-electron chi connectivity index (χ0n) is 19.0. The normalized spacial score (nSPS) is 19.5. The van der Waals surface area contributed by atoms with E-state index < -0.39 is 15.9 Å². The van der Waals surface area contributed by atoms with E-state index in [1.54, 1.807) is 41.6 Å². The van der Waals surface area contributed by atoms with Crippen molar-refractivity contribution >= 4 is 44.2 Å². The molecule has 0 aliphatic carbocycles. The van der Waals surface area contributed by atoms with Crippen LogP contribution in [-0.4, -0.2) is 38.8 Å². The van der Waals surface area contributed by atoms with Gasteiger partial charge in [0.25, 0.3) is 5.91 Å². The first-order valence-corrected chi connectivity index (χ1v) is 12.6. The first-order chi connectivity index (χ1) is 15.6. The van der Waals surface area contributed by atoms with E-state index in [2.05, 4.69) is 19.2 Å². The number of sulfonamides is 1. The molecule has 0 saturated carbocycles. The van der Waals surface area contributed by atoms with Crippen LogP contribution in [0.4, 0.5) is 5.69 Å². The number of nitrogens with zero attached hydrogens (tertiary/aromatic N) is 1. The van der Waals surface area contributed by atoms with Crippen LogP contribution in [0, 0.1) is 18.8 Å². The number of fused-ring (bicyclic) bond motifs is 1. The molecule has 176 valence electrons. The third-order valence-corrected chi connectivity index (χ3v) is 8.12. The van der Waals surface area contributed by atoms with Crippen LogP contribution in [0.5, 0.6) is 5.75 Å². The summed E-state index contributed by atoms with van der Waals surface area (Å²) in [7, 11) is -2.13. The molecular weight excluding hydrogens is 464 g/mol. The number of ether oxygens (including phenoxy) is 1. The zero-order valence-corrected chi connectivity index (χ0v) is 20.6. The van der Waals surface area contributed by atoms with E-state index in [1.807, 2.05) is 0 Å². The topological polar surface area (TPSA) is 88.8 Å². The average Bonchev–Trinajstić information content (AvgIpc) is 3.09. The van der Waals surface area contributed by atoms with Gasteiger partial charge < -0.3 is 14.5 Å². The molecule has 9 heteroatoms. The maximum Gasteiger partial charge on any atom is 0.291 e. The molecule has 2 aromatic carbocycles. The van der Waals surface area contributed by atoms with E-state index >= 15 is 0 Å². The van der Waals surface area contributed by atoms with Crippen molar-refractivity contribution in [1.29, 1.82) is 0 Å². The van der Waals surface area contributed by atoms with Gasteiger partial charge in [-0.1, -0.05) is 25.4 Å². The zero-order chi connectivity index (χ0) is 23.9. The standard InChI is InChI=1S/C24H27ClN2O5S/c1-14-9-15(2)13-27(12-14)33(29,30)18-6-8-21-19(11-18)16(3)23(32-21)24(28)26-17-5-7-22(31-4)20(25)10-17/h5-8,10-11,14-15H,9,12-13H2,1-4H3,(H,26,28)/t14-,15+. The van der Waals surface area contributed by atoms with Crippen LogP contribution in [0.15, 0.2) is 45.7 Å². The number of piperidine rings is 1. The second-order valence-electron chi connectivity index (χ2n) is 8.79. The molecule has 0 spiro atoms. The summed E-state index contributed by atoms with van der Waals surface area (Å²) in [5.41, 5.74) is 1.51. The van der Waals surface area contributed by atoms with Crippen LogP contribution < -0.4 is 10.1 Å². The number of anilines is 1. The van der Waals surface area contributed by atoms with Crippen molar-refractivity contribution in [3.05, 3.63) is 52.7 Å². The van der Waals surface area contributed by atoms with Crippen LogP contribution in [-0.2, 0) is 10.0 Å². The number of methoxy groups -OCH3 is 1. The number of nitrogens with one attached hydrogen (secondary N) is 1. The van der Waals surface area contributed by atoms with Crippen molar-refractivity contribution in [3.63, 3.8) is 0 Å². The number of halogens is 1. The quantitative estimate of drug-likeness (QED) is 0.522. The Kier molecular flexibility index (Phi) is 6.44. The van der Waals surface area contributed by atoms with Crippen molar-refractivity contribution in [2.45, 2.75) is 32.1 Å². The van der Waals surface area contributed by atoms with E-state index in [1.165, 1.54) is 13.2 Å². The Labute approximate surface area is 198 Å². The summed E-state index contributed by atoms with van der Waals surface area (Å²) >= 11 is 6.14. The molecular formula is C24H27ClN2O5S. The minimum atomic E-state index is -3.64. The summed E-state index contributed by atoms with van der Waals surface area (Å²) < 4.78 is 39.0. The summed E-state index contributed by atoms with van der Waals surface area (Å²) in [5, 5.41) is 3.72. The summed E-state index contributed by atoms with van der Waals surface area (Å²) in [6, 6.07) is 9.65. The fraction of sp³-hybridized carbons (Fsp3) is 0.375. The first-order valence-electron chi connectivity index (χ1n) is 10.8. The molecule has 1 aromatic heterocycles. The molecule has 0 unspecified atom stereocenters. The molecule has 1 aliphatic heterocycles. The second kappa shape index (κ2) is 9.00. The Morgan fingerprint density at radius 3 is 2.48 bits per heavy atom. The minimum absolute atomic E-state index is 0.117. The van der Waals surface area contributed by atoms with E-state index in [9.17, 15) is 13.2 Å². The fourth-order valence-electron chi connectivity index (χ4n) is 4.46. The van der Waals surface area contributed by atoms with E-state index in [0.717, 1.165) is 6.42 Å². The highest BCUT2D eigenvalue weighted by atomic mass is 35.5. The van der Waals surface area contributed by atoms with Gasteiger partial charge in [0.2, 0.25) is 10.0 Å². The van der Waals surface area contributed by atoms with Crippen LogP contribution in [0.2, 0.25) is 5.02 Å². The number of aryl methyl sites for hydroxylation is 1. The number of carbonyl (C=O) groups excluding carboxylic acids is 1. The van der Waals surface area contributed by atoms with Crippen LogP contribution in [0.25, 0.3) is 11.0 Å². The molecule has 2 atom stereocenters. The summed E-state index contributed by atoms with van der Waals surface area (Å²) in [6.45, 7) is 6.90. The van der Waals surface area contributed by atoms with Gasteiger partial charge in [-0.3, -0.25) is 4.79 Å². The smallest absolute Gasteiger partial charge is 0.291 e. The Bertz CT molecular complexity index is 1310. The Morgan fingerprint density at radius 1 is 1.15 bits per heavy atom. The monoisotopic (exact) mass is 490 g/mol. The minimum Gasteiger partial charge on any atom is -0.495 e. The van der Waals surface area contributed by atoms with Crippen LogP contribution in [0.1, 0.15) is 36.4 Å². The lowest BCUT2D eigenvalue weighted by Gasteiger charge is -2.34. The van der Waals surface area contributed by atoms with E-state index in [-0.39, 0.29) is 10.7 Å². The molecule has 7 nitrogen and oxygen atoms in total. The highest BCUT2D eigenvalue weighted by Gasteiger charge is 2.32. The molecule has 3 aromatic rings. The number of rotatable bonds is 5. The third kappa shape index (κ3) is 4.60. The summed E-state index contributed by atoms with van der Waals surface area (Å²) in [4.78, 5) is 13.1. The molecule has 1 N–H and O–H groups in total. The van der Waals surface area contributed by atoms with Crippen molar-refractivity contribution in [1.82, 2.24) is 4.31 Å². The summed E-state index contributed by atoms with van der Waals surface area (Å²) in [6.07, 6.45) is 1.02. The first kappa shape index (κ1) is 23.6. The number of furan rings is 1. The molecule has 1 saturated heterocycles. The molecule has 1 fully saturated rings. The highest BCUT2D eigenvalue weighted by molar-refractivity contribution is 7.89. The highest BCUT2D eigenvalue weighted by Crippen LogP contribution is 2.32. The second-order valence-corrected chi connectivity index (χ2v) is 11.1. The lowest BCUT2D eigenvalue weighted by molar-refractivity contribution is 0.0998. The van der Waals surface area contributed by atoms with Gasteiger partial charge in [-0.2, -0.15) is 4.31 Å². The van der Waals surface area contributed by atoms with Gasteiger partial charge in [0, 0.05) is 29.7 Å². The third-order valence-electron chi connectivity index (χ3n) is 6.00. The molecule has 0 radical (unpaired) electrons. The van der Waals surface area contributed by atoms with Gasteiger partial charge in [-0.05, 0) is 61.6 Å². The van der Waals surface area contributed by atoms with Gasteiger partial charge in [0.1, 0.15) is 11.3 Å². The van der Waals surface area contributed by atoms with Crippen molar-refractivity contribution in [3.8, 4) is 5.75 Å².